The first kappa shape index (κ1) is 17.9. The van der Waals surface area contributed by atoms with Crippen LogP contribution >= 0.6 is 0 Å². The van der Waals surface area contributed by atoms with Crippen LogP contribution in [0.4, 0.5) is 5.69 Å². The normalized spacial score (nSPS) is 15.3. The third-order valence-electron chi connectivity index (χ3n) is 5.64. The van der Waals surface area contributed by atoms with Crippen LogP contribution in [0, 0.1) is 0 Å². The van der Waals surface area contributed by atoms with Crippen LogP contribution in [0.1, 0.15) is 19.8 Å². The van der Waals surface area contributed by atoms with Crippen molar-refractivity contribution < 1.29 is 4.74 Å². The Morgan fingerprint density at radius 1 is 1.03 bits per heavy atom. The molecule has 1 saturated heterocycles. The second-order valence-electron chi connectivity index (χ2n) is 7.57. The smallest absolute Gasteiger partial charge is 0.139 e. The highest BCUT2D eigenvalue weighted by Crippen LogP contribution is 2.26. The summed E-state index contributed by atoms with van der Waals surface area (Å²) in [5, 5.41) is 1.14. The average molecular weight is 387 g/mol. The van der Waals surface area contributed by atoms with Gasteiger partial charge in [0.15, 0.2) is 0 Å². The number of rotatable bonds is 4. The third-order valence-corrected chi connectivity index (χ3v) is 5.64. The highest BCUT2D eigenvalue weighted by atomic mass is 16.5. The summed E-state index contributed by atoms with van der Waals surface area (Å²) >= 11 is 0. The second-order valence-corrected chi connectivity index (χ2v) is 7.57. The lowest BCUT2D eigenvalue weighted by molar-refractivity contribution is 0.340. The zero-order valence-corrected chi connectivity index (χ0v) is 16.6. The first-order chi connectivity index (χ1) is 14.2. The number of hydrogen-bond donors (Lipinski definition) is 1. The fourth-order valence-corrected chi connectivity index (χ4v) is 4.02. The first-order valence-electron chi connectivity index (χ1n) is 10.2. The molecule has 148 valence electrons. The Morgan fingerprint density at radius 3 is 2.72 bits per heavy atom. The summed E-state index contributed by atoms with van der Waals surface area (Å²) < 4.78 is 7.60. The van der Waals surface area contributed by atoms with Crippen molar-refractivity contribution in [3.8, 4) is 11.6 Å². The van der Waals surface area contributed by atoms with Crippen molar-refractivity contribution in [1.82, 2.24) is 14.5 Å². The number of benzene rings is 2. The molecule has 0 atom stereocenters. The largest absolute Gasteiger partial charge is 0.494 e. The number of nitrogens with zero attached hydrogens (tertiary/aromatic N) is 4. The molecule has 5 rings (SSSR count). The Morgan fingerprint density at radius 2 is 1.90 bits per heavy atom. The number of imidazole rings is 1. The van der Waals surface area contributed by atoms with Gasteiger partial charge >= 0.3 is 0 Å². The molecular formula is C23H25N5O. The van der Waals surface area contributed by atoms with Gasteiger partial charge in [0.2, 0.25) is 0 Å². The number of anilines is 1. The van der Waals surface area contributed by atoms with E-state index in [4.69, 9.17) is 15.5 Å². The molecule has 0 aliphatic carbocycles. The minimum atomic E-state index is 0.338. The summed E-state index contributed by atoms with van der Waals surface area (Å²) in [5.74, 6) is 1.70. The van der Waals surface area contributed by atoms with Gasteiger partial charge in [-0.15, -0.1) is 0 Å². The summed E-state index contributed by atoms with van der Waals surface area (Å²) in [6.07, 6.45) is 3.92. The van der Waals surface area contributed by atoms with Crippen LogP contribution in [-0.2, 0) is 0 Å². The third kappa shape index (κ3) is 3.40. The molecule has 29 heavy (non-hydrogen) atoms. The molecule has 4 aromatic rings. The van der Waals surface area contributed by atoms with Crippen LogP contribution in [0.3, 0.4) is 0 Å². The summed E-state index contributed by atoms with van der Waals surface area (Å²) in [7, 11) is 0. The zero-order valence-electron chi connectivity index (χ0n) is 16.6. The standard InChI is InChI=1S/C23H25N5O/c1-2-29-19-5-7-22-21(14-19)25-15-28(22)23-8-3-16-13-18(4-6-20(16)26-23)27-11-9-17(24)10-12-27/h3-8,13-15,17H,2,9-12,24H2,1H3. The average Bonchev–Trinajstić information content (AvgIpc) is 3.17. The monoisotopic (exact) mass is 387 g/mol. The van der Waals surface area contributed by atoms with E-state index in [0.29, 0.717) is 12.6 Å². The quantitative estimate of drug-likeness (QED) is 0.575. The number of aromatic nitrogens is 3. The van der Waals surface area contributed by atoms with Gasteiger partial charge in [0, 0.05) is 36.3 Å². The van der Waals surface area contributed by atoms with Crippen LogP contribution in [-0.4, -0.2) is 40.3 Å². The maximum atomic E-state index is 6.04. The van der Waals surface area contributed by atoms with Crippen molar-refractivity contribution in [3.63, 3.8) is 0 Å². The minimum absolute atomic E-state index is 0.338. The summed E-state index contributed by atoms with van der Waals surface area (Å²) in [4.78, 5) is 11.8. The van der Waals surface area contributed by atoms with E-state index in [1.807, 2.05) is 36.0 Å². The van der Waals surface area contributed by atoms with Crippen molar-refractivity contribution in [2.24, 2.45) is 5.73 Å². The number of nitrogens with two attached hydrogens (primary N) is 1. The van der Waals surface area contributed by atoms with Crippen LogP contribution in [0.5, 0.6) is 5.75 Å². The van der Waals surface area contributed by atoms with E-state index < -0.39 is 0 Å². The van der Waals surface area contributed by atoms with Crippen molar-refractivity contribution in [2.75, 3.05) is 24.6 Å². The molecule has 0 bridgehead atoms. The van der Waals surface area contributed by atoms with E-state index in [0.717, 1.165) is 59.4 Å². The molecule has 6 heteroatoms. The zero-order chi connectivity index (χ0) is 19.8. The van der Waals surface area contributed by atoms with E-state index in [1.54, 1.807) is 0 Å². The van der Waals surface area contributed by atoms with Crippen molar-refractivity contribution in [3.05, 3.63) is 54.9 Å². The van der Waals surface area contributed by atoms with Gasteiger partial charge in [-0.25, -0.2) is 9.97 Å². The topological polar surface area (TPSA) is 69.2 Å². The van der Waals surface area contributed by atoms with Gasteiger partial charge in [-0.1, -0.05) is 0 Å². The van der Waals surface area contributed by atoms with E-state index in [1.165, 1.54) is 5.69 Å². The summed E-state index contributed by atoms with van der Waals surface area (Å²) in [6, 6.07) is 17.0. The molecule has 0 saturated carbocycles. The van der Waals surface area contributed by atoms with Crippen LogP contribution in [0.25, 0.3) is 27.8 Å². The molecule has 2 aromatic heterocycles. The molecule has 1 aliphatic rings. The highest BCUT2D eigenvalue weighted by Gasteiger charge is 2.16. The fraction of sp³-hybridized carbons (Fsp3) is 0.304. The maximum absolute atomic E-state index is 6.04. The minimum Gasteiger partial charge on any atom is -0.494 e. The van der Waals surface area contributed by atoms with Gasteiger partial charge in [0.05, 0.1) is 23.2 Å². The van der Waals surface area contributed by atoms with Crippen LogP contribution in [0.15, 0.2) is 54.9 Å². The van der Waals surface area contributed by atoms with Crippen LogP contribution in [0.2, 0.25) is 0 Å². The van der Waals surface area contributed by atoms with E-state index >= 15 is 0 Å². The number of hydrogen-bond acceptors (Lipinski definition) is 5. The Balaban J connectivity index is 1.47. The van der Waals surface area contributed by atoms with Crippen molar-refractivity contribution in [1.29, 1.82) is 0 Å². The first-order valence-corrected chi connectivity index (χ1v) is 10.2. The lowest BCUT2D eigenvalue weighted by atomic mass is 10.0. The second kappa shape index (κ2) is 7.37. The molecule has 2 N–H and O–H groups in total. The molecule has 6 nitrogen and oxygen atoms in total. The predicted molar refractivity (Wildman–Crippen MR) is 117 cm³/mol. The predicted octanol–water partition coefficient (Wildman–Crippen LogP) is 3.90. The Labute approximate surface area is 169 Å². The Bertz CT molecular complexity index is 1160. The Kier molecular flexibility index (Phi) is 4.56. The molecule has 1 fully saturated rings. The summed E-state index contributed by atoms with van der Waals surface area (Å²) in [5.41, 5.74) is 10.2. The number of fused-ring (bicyclic) bond motifs is 2. The molecular weight excluding hydrogens is 362 g/mol. The van der Waals surface area contributed by atoms with Crippen LogP contribution < -0.4 is 15.4 Å². The lowest BCUT2D eigenvalue weighted by Crippen LogP contribution is -2.39. The SMILES string of the molecule is CCOc1ccc2c(c1)ncn2-c1ccc2cc(N3CCC(N)CC3)ccc2n1. The van der Waals surface area contributed by atoms with E-state index in [-0.39, 0.29) is 0 Å². The molecule has 1 aliphatic heterocycles. The van der Waals surface area contributed by atoms with Crippen molar-refractivity contribution in [2.45, 2.75) is 25.8 Å². The lowest BCUT2D eigenvalue weighted by Gasteiger charge is -2.32. The number of pyridine rings is 1. The molecule has 0 amide bonds. The highest BCUT2D eigenvalue weighted by molar-refractivity contribution is 5.84. The number of piperidine rings is 1. The van der Waals surface area contributed by atoms with Gasteiger partial charge in [0.1, 0.15) is 17.9 Å². The van der Waals surface area contributed by atoms with Gasteiger partial charge in [-0.2, -0.15) is 0 Å². The summed E-state index contributed by atoms with van der Waals surface area (Å²) in [6.45, 7) is 4.66. The molecule has 3 heterocycles. The molecule has 2 aromatic carbocycles. The molecule has 0 radical (unpaired) electrons. The van der Waals surface area contributed by atoms with E-state index in [9.17, 15) is 0 Å². The van der Waals surface area contributed by atoms with Gasteiger partial charge in [-0.05, 0) is 62.2 Å². The van der Waals surface area contributed by atoms with Crippen molar-refractivity contribution >= 4 is 27.6 Å². The molecule has 0 unspecified atom stereocenters. The van der Waals surface area contributed by atoms with Gasteiger partial charge < -0.3 is 15.4 Å². The molecule has 0 spiro atoms. The van der Waals surface area contributed by atoms with Gasteiger partial charge in [0.25, 0.3) is 0 Å². The van der Waals surface area contributed by atoms with E-state index in [2.05, 4.69) is 40.2 Å². The number of ether oxygens (including phenoxy) is 1. The Hall–Kier alpha value is -3.12. The maximum Gasteiger partial charge on any atom is 0.139 e. The van der Waals surface area contributed by atoms with Gasteiger partial charge in [-0.3, -0.25) is 4.57 Å². The fourth-order valence-electron chi connectivity index (χ4n) is 4.02.